The van der Waals surface area contributed by atoms with E-state index in [0.29, 0.717) is 10.8 Å². The lowest BCUT2D eigenvalue weighted by Gasteiger charge is -2.06. The van der Waals surface area contributed by atoms with E-state index in [1.54, 1.807) is 18.2 Å². The minimum absolute atomic E-state index is 0.0378. The number of nitro groups is 1. The van der Waals surface area contributed by atoms with Gasteiger partial charge in [-0.05, 0) is 36.8 Å². The van der Waals surface area contributed by atoms with Crippen LogP contribution in [0.15, 0.2) is 36.5 Å². The zero-order chi connectivity index (χ0) is 13.1. The van der Waals surface area contributed by atoms with Gasteiger partial charge in [0.25, 0.3) is 5.88 Å². The van der Waals surface area contributed by atoms with Crippen molar-refractivity contribution >= 4 is 17.3 Å². The van der Waals surface area contributed by atoms with Gasteiger partial charge in [-0.1, -0.05) is 11.6 Å². The molecule has 0 saturated carbocycles. The second-order valence-electron chi connectivity index (χ2n) is 3.60. The maximum atomic E-state index is 10.8. The number of rotatable bonds is 3. The number of pyridine rings is 1. The van der Waals surface area contributed by atoms with Gasteiger partial charge in [0.2, 0.25) is 0 Å². The average Bonchev–Trinajstić information content (AvgIpc) is 2.34. The third kappa shape index (κ3) is 2.57. The van der Waals surface area contributed by atoms with Crippen LogP contribution in [0.3, 0.4) is 0 Å². The lowest BCUT2D eigenvalue weighted by molar-refractivity contribution is -0.386. The van der Waals surface area contributed by atoms with E-state index in [9.17, 15) is 10.1 Å². The zero-order valence-electron chi connectivity index (χ0n) is 9.46. The second kappa shape index (κ2) is 5.01. The molecule has 0 amide bonds. The summed E-state index contributed by atoms with van der Waals surface area (Å²) in [6, 6.07) is 7.82. The summed E-state index contributed by atoms with van der Waals surface area (Å²) in [5, 5.41) is 11.4. The normalized spacial score (nSPS) is 10.1. The molecule has 0 fully saturated rings. The number of halogens is 1. The van der Waals surface area contributed by atoms with E-state index in [0.717, 1.165) is 5.56 Å². The van der Waals surface area contributed by atoms with Gasteiger partial charge in [-0.15, -0.1) is 0 Å². The molecule has 0 spiro atoms. The van der Waals surface area contributed by atoms with E-state index in [1.165, 1.54) is 18.3 Å². The first-order chi connectivity index (χ1) is 8.58. The fraction of sp³-hybridized carbons (Fsp3) is 0.0833. The first-order valence-electron chi connectivity index (χ1n) is 5.11. The summed E-state index contributed by atoms with van der Waals surface area (Å²) >= 11 is 5.89. The summed E-state index contributed by atoms with van der Waals surface area (Å²) in [6.45, 7) is 1.82. The van der Waals surface area contributed by atoms with Crippen molar-refractivity contribution < 1.29 is 9.66 Å². The molecule has 6 heteroatoms. The van der Waals surface area contributed by atoms with E-state index in [2.05, 4.69) is 4.98 Å². The monoisotopic (exact) mass is 264 g/mol. The maximum absolute atomic E-state index is 10.8. The molecule has 92 valence electrons. The minimum atomic E-state index is -0.537. The number of nitrogens with zero attached hydrogens (tertiary/aromatic N) is 2. The highest BCUT2D eigenvalue weighted by Gasteiger charge is 2.16. The molecule has 0 aliphatic heterocycles. The number of hydrogen-bond acceptors (Lipinski definition) is 4. The van der Waals surface area contributed by atoms with Crippen LogP contribution in [-0.2, 0) is 0 Å². The summed E-state index contributed by atoms with van der Waals surface area (Å²) in [4.78, 5) is 14.1. The molecule has 0 unspecified atom stereocenters. The Morgan fingerprint density at radius 1 is 1.39 bits per heavy atom. The molecule has 0 aliphatic carbocycles. The minimum Gasteiger partial charge on any atom is -0.434 e. The highest BCUT2D eigenvalue weighted by atomic mass is 35.5. The fourth-order valence-corrected chi connectivity index (χ4v) is 1.51. The molecule has 1 aromatic carbocycles. The second-order valence-corrected chi connectivity index (χ2v) is 4.01. The molecule has 1 heterocycles. The van der Waals surface area contributed by atoms with E-state index < -0.39 is 4.92 Å². The van der Waals surface area contributed by atoms with E-state index in [4.69, 9.17) is 16.3 Å². The van der Waals surface area contributed by atoms with E-state index in [1.807, 2.05) is 6.92 Å². The molecule has 0 bridgehead atoms. The summed E-state index contributed by atoms with van der Waals surface area (Å²) in [6.07, 6.45) is 1.44. The van der Waals surface area contributed by atoms with Gasteiger partial charge >= 0.3 is 5.69 Å². The fourth-order valence-electron chi connectivity index (χ4n) is 1.39. The van der Waals surface area contributed by atoms with Crippen molar-refractivity contribution in [2.75, 3.05) is 0 Å². The van der Waals surface area contributed by atoms with Crippen molar-refractivity contribution in [3.8, 4) is 11.6 Å². The summed E-state index contributed by atoms with van der Waals surface area (Å²) in [5.74, 6) is 0.419. The molecular formula is C12H9ClN2O3. The molecule has 1 aromatic heterocycles. The average molecular weight is 265 g/mol. The zero-order valence-corrected chi connectivity index (χ0v) is 10.2. The van der Waals surface area contributed by atoms with Crippen LogP contribution in [0.2, 0.25) is 5.02 Å². The highest BCUT2D eigenvalue weighted by Crippen LogP contribution is 2.30. The van der Waals surface area contributed by atoms with Crippen molar-refractivity contribution in [3.63, 3.8) is 0 Å². The molecule has 18 heavy (non-hydrogen) atoms. The third-order valence-corrected chi connectivity index (χ3v) is 2.72. The van der Waals surface area contributed by atoms with Crippen molar-refractivity contribution in [2.24, 2.45) is 0 Å². The summed E-state index contributed by atoms with van der Waals surface area (Å²) < 4.78 is 5.40. The summed E-state index contributed by atoms with van der Waals surface area (Å²) in [7, 11) is 0. The Balaban J connectivity index is 2.34. The molecule has 0 N–H and O–H groups in total. The molecule has 2 aromatic rings. The number of ether oxygens (including phenoxy) is 1. The predicted octanol–water partition coefficient (Wildman–Crippen LogP) is 3.74. The first-order valence-corrected chi connectivity index (χ1v) is 5.49. The highest BCUT2D eigenvalue weighted by molar-refractivity contribution is 6.31. The van der Waals surface area contributed by atoms with Gasteiger partial charge in [-0.3, -0.25) is 10.1 Å². The van der Waals surface area contributed by atoms with Crippen LogP contribution in [-0.4, -0.2) is 9.91 Å². The van der Waals surface area contributed by atoms with Crippen molar-refractivity contribution in [2.45, 2.75) is 6.92 Å². The Bertz CT molecular complexity index is 602. The van der Waals surface area contributed by atoms with Crippen LogP contribution >= 0.6 is 11.6 Å². The van der Waals surface area contributed by atoms with Crippen LogP contribution in [0, 0.1) is 17.0 Å². The SMILES string of the molecule is Cc1cc(Oc2ncccc2[N+](=O)[O-])ccc1Cl. The topological polar surface area (TPSA) is 65.3 Å². The van der Waals surface area contributed by atoms with Gasteiger partial charge in [0.1, 0.15) is 5.75 Å². The summed E-state index contributed by atoms with van der Waals surface area (Å²) in [5.41, 5.74) is 0.651. The quantitative estimate of drug-likeness (QED) is 0.626. The van der Waals surface area contributed by atoms with Crippen molar-refractivity contribution in [1.29, 1.82) is 0 Å². The van der Waals surface area contributed by atoms with Gasteiger partial charge in [0.05, 0.1) is 4.92 Å². The van der Waals surface area contributed by atoms with Crippen LogP contribution < -0.4 is 4.74 Å². The molecule has 0 aliphatic rings. The van der Waals surface area contributed by atoms with Crippen molar-refractivity contribution in [3.05, 3.63) is 57.2 Å². The predicted molar refractivity (Wildman–Crippen MR) is 67.2 cm³/mol. The smallest absolute Gasteiger partial charge is 0.331 e. The Morgan fingerprint density at radius 3 is 2.83 bits per heavy atom. The number of aryl methyl sites for hydroxylation is 1. The molecule has 5 nitrogen and oxygen atoms in total. The Labute approximate surface area is 108 Å². The lowest BCUT2D eigenvalue weighted by Crippen LogP contribution is -1.95. The van der Waals surface area contributed by atoms with E-state index in [-0.39, 0.29) is 11.6 Å². The Morgan fingerprint density at radius 2 is 2.17 bits per heavy atom. The number of aromatic nitrogens is 1. The Hall–Kier alpha value is -2.14. The molecular weight excluding hydrogens is 256 g/mol. The van der Waals surface area contributed by atoms with Gasteiger partial charge in [0.15, 0.2) is 0 Å². The van der Waals surface area contributed by atoms with Crippen LogP contribution in [0.25, 0.3) is 0 Å². The maximum Gasteiger partial charge on any atom is 0.331 e. The van der Waals surface area contributed by atoms with Crippen molar-refractivity contribution in [1.82, 2.24) is 4.98 Å². The van der Waals surface area contributed by atoms with Crippen LogP contribution in [0.4, 0.5) is 5.69 Å². The lowest BCUT2D eigenvalue weighted by atomic mass is 10.2. The standard InChI is InChI=1S/C12H9ClN2O3/c1-8-7-9(4-5-10(8)13)18-12-11(15(16)17)3-2-6-14-12/h2-7H,1H3. The molecule has 0 atom stereocenters. The first kappa shape index (κ1) is 12.3. The van der Waals surface area contributed by atoms with Gasteiger partial charge < -0.3 is 4.74 Å². The number of hydrogen-bond donors (Lipinski definition) is 0. The van der Waals surface area contributed by atoms with E-state index >= 15 is 0 Å². The largest absolute Gasteiger partial charge is 0.434 e. The molecule has 0 radical (unpaired) electrons. The van der Waals surface area contributed by atoms with Crippen LogP contribution in [0.1, 0.15) is 5.56 Å². The number of benzene rings is 1. The molecule has 2 rings (SSSR count). The third-order valence-electron chi connectivity index (χ3n) is 2.29. The van der Waals surface area contributed by atoms with Crippen LogP contribution in [0.5, 0.6) is 11.6 Å². The van der Waals surface area contributed by atoms with Gasteiger partial charge in [-0.2, -0.15) is 0 Å². The Kier molecular flexibility index (Phi) is 3.43. The molecule has 0 saturated heterocycles. The van der Waals surface area contributed by atoms with Gasteiger partial charge in [-0.25, -0.2) is 4.98 Å². The van der Waals surface area contributed by atoms with Gasteiger partial charge in [0, 0.05) is 17.3 Å².